The number of hydrogen-bond donors (Lipinski definition) is 2. The average molecular weight is 408 g/mol. The SMILES string of the molecule is Cl.Nc1ccc2c(c1)CCCC2NS(=O)(=O)c1cccc(Cl)c1Cl. The summed E-state index contributed by atoms with van der Waals surface area (Å²) in [5.74, 6) is 0. The van der Waals surface area contributed by atoms with Gasteiger partial charge in [-0.3, -0.25) is 0 Å². The maximum Gasteiger partial charge on any atom is 0.242 e. The molecule has 24 heavy (non-hydrogen) atoms. The standard InChI is InChI=1S/C16H16Cl2N2O2S.ClH/c17-13-4-2-6-15(16(13)18)23(21,22)20-14-5-1-3-10-9-11(19)7-8-12(10)14;/h2,4,6-9,14,20H,1,3,5,19H2;1H. The molecule has 1 atom stereocenters. The largest absolute Gasteiger partial charge is 0.399 e. The van der Waals surface area contributed by atoms with E-state index in [1.165, 1.54) is 6.07 Å². The van der Waals surface area contributed by atoms with E-state index in [-0.39, 0.29) is 33.4 Å². The molecule has 0 saturated carbocycles. The molecule has 0 heterocycles. The van der Waals surface area contributed by atoms with E-state index in [1.54, 1.807) is 18.2 Å². The first-order valence-electron chi connectivity index (χ1n) is 7.23. The third-order valence-corrected chi connectivity index (χ3v) is 6.43. The van der Waals surface area contributed by atoms with Crippen molar-refractivity contribution >= 4 is 51.3 Å². The highest BCUT2D eigenvalue weighted by molar-refractivity contribution is 7.89. The zero-order valence-corrected chi connectivity index (χ0v) is 15.8. The quantitative estimate of drug-likeness (QED) is 0.743. The molecule has 1 unspecified atom stereocenters. The Kier molecular flexibility index (Phi) is 6.04. The molecule has 0 bridgehead atoms. The van der Waals surface area contributed by atoms with Crippen LogP contribution in [0.25, 0.3) is 0 Å². The summed E-state index contributed by atoms with van der Waals surface area (Å²) in [4.78, 5) is -0.00534. The molecule has 0 aromatic heterocycles. The number of nitrogens with two attached hydrogens (primary N) is 1. The maximum atomic E-state index is 12.7. The van der Waals surface area contributed by atoms with Crippen molar-refractivity contribution in [3.05, 3.63) is 57.6 Å². The van der Waals surface area contributed by atoms with Gasteiger partial charge in [-0.1, -0.05) is 35.3 Å². The Morgan fingerprint density at radius 1 is 1.17 bits per heavy atom. The Bertz CT molecular complexity index is 856. The van der Waals surface area contributed by atoms with Gasteiger partial charge in [-0.25, -0.2) is 13.1 Å². The van der Waals surface area contributed by atoms with Gasteiger partial charge in [0.15, 0.2) is 0 Å². The molecule has 4 nitrogen and oxygen atoms in total. The number of nitrogen functional groups attached to an aromatic ring is 1. The van der Waals surface area contributed by atoms with Crippen molar-refractivity contribution in [2.75, 3.05) is 5.73 Å². The predicted octanol–water partition coefficient (Wildman–Crippen LogP) is 4.35. The van der Waals surface area contributed by atoms with E-state index in [1.807, 2.05) is 12.1 Å². The van der Waals surface area contributed by atoms with Gasteiger partial charge in [-0.05, 0) is 54.7 Å². The lowest BCUT2D eigenvalue weighted by Crippen LogP contribution is -2.31. The van der Waals surface area contributed by atoms with Crippen molar-refractivity contribution < 1.29 is 8.42 Å². The molecule has 0 aliphatic heterocycles. The normalized spacial score (nSPS) is 17.0. The number of hydrogen-bond acceptors (Lipinski definition) is 3. The molecule has 2 aromatic rings. The number of aryl methyl sites for hydroxylation is 1. The molecular weight excluding hydrogens is 391 g/mol. The topological polar surface area (TPSA) is 72.2 Å². The van der Waals surface area contributed by atoms with Gasteiger partial charge in [-0.2, -0.15) is 0 Å². The minimum Gasteiger partial charge on any atom is -0.399 e. The summed E-state index contributed by atoms with van der Waals surface area (Å²) in [7, 11) is -3.76. The van der Waals surface area contributed by atoms with Crippen LogP contribution >= 0.6 is 35.6 Å². The molecule has 3 N–H and O–H groups in total. The fourth-order valence-electron chi connectivity index (χ4n) is 2.90. The summed E-state index contributed by atoms with van der Waals surface area (Å²) >= 11 is 12.0. The number of benzene rings is 2. The summed E-state index contributed by atoms with van der Waals surface area (Å²) < 4.78 is 28.1. The van der Waals surface area contributed by atoms with Crippen LogP contribution in [0.15, 0.2) is 41.3 Å². The first kappa shape index (κ1) is 19.3. The van der Waals surface area contributed by atoms with Crippen LogP contribution in [0.2, 0.25) is 10.0 Å². The van der Waals surface area contributed by atoms with Gasteiger partial charge in [0.05, 0.1) is 10.0 Å². The van der Waals surface area contributed by atoms with Crippen LogP contribution in [0.3, 0.4) is 0 Å². The highest BCUT2D eigenvalue weighted by Gasteiger charge is 2.27. The number of fused-ring (bicyclic) bond motifs is 1. The second-order valence-corrected chi connectivity index (χ2v) is 8.04. The van der Waals surface area contributed by atoms with Gasteiger partial charge in [0.2, 0.25) is 10.0 Å². The van der Waals surface area contributed by atoms with Crippen molar-refractivity contribution in [2.45, 2.75) is 30.2 Å². The van der Waals surface area contributed by atoms with Gasteiger partial charge in [0, 0.05) is 11.7 Å². The molecule has 3 rings (SSSR count). The minimum atomic E-state index is -3.76. The molecule has 8 heteroatoms. The third kappa shape index (κ3) is 3.81. The molecular formula is C16H17Cl3N2O2S. The van der Waals surface area contributed by atoms with Crippen molar-refractivity contribution in [3.63, 3.8) is 0 Å². The molecule has 0 fully saturated rings. The highest BCUT2D eigenvalue weighted by atomic mass is 35.5. The van der Waals surface area contributed by atoms with E-state index < -0.39 is 10.0 Å². The first-order valence-corrected chi connectivity index (χ1v) is 9.47. The molecule has 0 amide bonds. The second-order valence-electron chi connectivity index (χ2n) is 5.58. The fourth-order valence-corrected chi connectivity index (χ4v) is 4.91. The molecule has 1 aliphatic rings. The van der Waals surface area contributed by atoms with E-state index in [9.17, 15) is 8.42 Å². The van der Waals surface area contributed by atoms with Crippen LogP contribution in [0, 0.1) is 0 Å². The Balaban J connectivity index is 0.00000208. The van der Waals surface area contributed by atoms with Crippen LogP contribution in [0.4, 0.5) is 5.69 Å². The molecule has 2 aromatic carbocycles. The minimum absolute atomic E-state index is 0. The Morgan fingerprint density at radius 3 is 2.67 bits per heavy atom. The van der Waals surface area contributed by atoms with Gasteiger partial charge in [0.1, 0.15) is 4.90 Å². The highest BCUT2D eigenvalue weighted by Crippen LogP contribution is 2.34. The van der Waals surface area contributed by atoms with E-state index in [4.69, 9.17) is 28.9 Å². The molecule has 0 spiro atoms. The maximum absolute atomic E-state index is 12.7. The van der Waals surface area contributed by atoms with E-state index >= 15 is 0 Å². The molecule has 130 valence electrons. The Labute approximate surface area is 157 Å². The summed E-state index contributed by atoms with van der Waals surface area (Å²) in [6, 6.07) is 9.86. The van der Waals surface area contributed by atoms with Crippen LogP contribution in [0.5, 0.6) is 0 Å². The Morgan fingerprint density at radius 2 is 1.92 bits per heavy atom. The molecule has 0 saturated heterocycles. The summed E-state index contributed by atoms with van der Waals surface area (Å²) in [6.45, 7) is 0. The lowest BCUT2D eigenvalue weighted by Gasteiger charge is -2.26. The molecule has 1 aliphatic carbocycles. The zero-order chi connectivity index (χ0) is 16.6. The van der Waals surface area contributed by atoms with Crippen LogP contribution < -0.4 is 10.5 Å². The summed E-state index contributed by atoms with van der Waals surface area (Å²) in [5, 5.41) is 0.251. The van der Waals surface area contributed by atoms with Gasteiger partial charge in [-0.15, -0.1) is 12.4 Å². The number of halogens is 3. The van der Waals surface area contributed by atoms with Crippen molar-refractivity contribution in [1.29, 1.82) is 0 Å². The fraction of sp³-hybridized carbons (Fsp3) is 0.250. The Hall–Kier alpha value is -0.980. The lowest BCUT2D eigenvalue weighted by atomic mass is 9.88. The van der Waals surface area contributed by atoms with Gasteiger partial charge in [0.25, 0.3) is 0 Å². The van der Waals surface area contributed by atoms with E-state index in [2.05, 4.69) is 4.72 Å². The van der Waals surface area contributed by atoms with Crippen molar-refractivity contribution in [2.24, 2.45) is 0 Å². The number of anilines is 1. The number of rotatable bonds is 3. The monoisotopic (exact) mass is 406 g/mol. The van der Waals surface area contributed by atoms with Crippen molar-refractivity contribution in [3.8, 4) is 0 Å². The van der Waals surface area contributed by atoms with Crippen LogP contribution in [-0.4, -0.2) is 8.42 Å². The van der Waals surface area contributed by atoms with Crippen LogP contribution in [0.1, 0.15) is 30.0 Å². The average Bonchev–Trinajstić information content (AvgIpc) is 2.49. The summed E-state index contributed by atoms with van der Waals surface area (Å²) in [6.07, 6.45) is 2.53. The number of nitrogens with one attached hydrogen (secondary N) is 1. The smallest absolute Gasteiger partial charge is 0.242 e. The lowest BCUT2D eigenvalue weighted by molar-refractivity contribution is 0.507. The van der Waals surface area contributed by atoms with Gasteiger partial charge < -0.3 is 5.73 Å². The first-order chi connectivity index (χ1) is 10.9. The zero-order valence-electron chi connectivity index (χ0n) is 12.6. The van der Waals surface area contributed by atoms with Crippen LogP contribution in [-0.2, 0) is 16.4 Å². The predicted molar refractivity (Wildman–Crippen MR) is 101 cm³/mol. The number of sulfonamides is 1. The third-order valence-electron chi connectivity index (χ3n) is 3.98. The van der Waals surface area contributed by atoms with Gasteiger partial charge >= 0.3 is 0 Å². The summed E-state index contributed by atoms with van der Waals surface area (Å²) in [5.41, 5.74) is 8.55. The van der Waals surface area contributed by atoms with E-state index in [0.717, 1.165) is 30.4 Å². The second kappa shape index (κ2) is 7.50. The van der Waals surface area contributed by atoms with Crippen molar-refractivity contribution in [1.82, 2.24) is 4.72 Å². The molecule has 0 radical (unpaired) electrons. The van der Waals surface area contributed by atoms with E-state index in [0.29, 0.717) is 5.69 Å².